The van der Waals surface area contributed by atoms with Gasteiger partial charge >= 0.3 is 6.18 Å². The van der Waals surface area contributed by atoms with E-state index in [9.17, 15) is 22.8 Å². The highest BCUT2D eigenvalue weighted by Crippen LogP contribution is 2.37. The Balaban J connectivity index is 1.83. The quantitative estimate of drug-likeness (QED) is 0.673. The molecule has 10 heteroatoms. The summed E-state index contributed by atoms with van der Waals surface area (Å²) in [6, 6.07) is 9.03. The Bertz CT molecular complexity index is 1010. The Morgan fingerprint density at radius 2 is 1.94 bits per heavy atom. The summed E-state index contributed by atoms with van der Waals surface area (Å²) in [6.07, 6.45) is -5.64. The third-order valence-electron chi connectivity index (χ3n) is 5.16. The molecule has 3 rings (SSSR count). The maximum absolute atomic E-state index is 13.9. The molecule has 178 valence electrons. The average molecular weight is 465 g/mol. The van der Waals surface area contributed by atoms with Crippen molar-refractivity contribution in [1.29, 1.82) is 0 Å². The van der Waals surface area contributed by atoms with Crippen LogP contribution in [0.3, 0.4) is 0 Å². The molecule has 1 aliphatic heterocycles. The first-order valence-corrected chi connectivity index (χ1v) is 10.4. The number of carbonyl (C=O) groups excluding carboxylic acids is 2. The minimum Gasteiger partial charge on any atom is -0.493 e. The molecule has 2 aromatic carbocycles. The first-order valence-electron chi connectivity index (χ1n) is 10.4. The third kappa shape index (κ3) is 5.75. The fraction of sp³-hybridized carbons (Fsp3) is 0.391. The van der Waals surface area contributed by atoms with E-state index < -0.39 is 30.5 Å². The number of nitrogens with zero attached hydrogens (tertiary/aromatic N) is 2. The molecular weight excluding hydrogens is 439 g/mol. The van der Waals surface area contributed by atoms with E-state index in [4.69, 9.17) is 9.47 Å². The molecule has 0 unspecified atom stereocenters. The maximum Gasteiger partial charge on any atom is 0.409 e. The first-order chi connectivity index (χ1) is 15.6. The Morgan fingerprint density at radius 1 is 1.21 bits per heavy atom. The average Bonchev–Trinajstić information content (AvgIpc) is 2.90. The molecule has 0 saturated carbocycles. The van der Waals surface area contributed by atoms with Gasteiger partial charge in [0.2, 0.25) is 11.8 Å². The molecule has 0 bridgehead atoms. The van der Waals surface area contributed by atoms with Gasteiger partial charge in [0.1, 0.15) is 6.04 Å². The summed E-state index contributed by atoms with van der Waals surface area (Å²) >= 11 is 0. The number of benzene rings is 2. The lowest BCUT2D eigenvalue weighted by Crippen LogP contribution is -2.52. The Kier molecular flexibility index (Phi) is 7.47. The molecule has 1 heterocycles. The molecule has 0 saturated heterocycles. The minimum absolute atomic E-state index is 0.0202. The van der Waals surface area contributed by atoms with E-state index in [2.05, 4.69) is 5.32 Å². The lowest BCUT2D eigenvalue weighted by atomic mass is 10.1. The number of fused-ring (bicyclic) bond motifs is 1. The van der Waals surface area contributed by atoms with Crippen molar-refractivity contribution in [1.82, 2.24) is 4.90 Å². The van der Waals surface area contributed by atoms with Crippen LogP contribution in [0.2, 0.25) is 0 Å². The zero-order valence-electron chi connectivity index (χ0n) is 18.6. The van der Waals surface area contributed by atoms with E-state index in [1.54, 1.807) is 36.2 Å². The number of carbonyl (C=O) groups is 2. The van der Waals surface area contributed by atoms with Gasteiger partial charge in [0.15, 0.2) is 11.5 Å². The number of rotatable bonds is 7. The number of methoxy groups -OCH3 is 1. The molecule has 0 spiro atoms. The highest BCUT2D eigenvalue weighted by Gasteiger charge is 2.49. The predicted octanol–water partition coefficient (Wildman–Crippen LogP) is 3.83. The van der Waals surface area contributed by atoms with Crippen molar-refractivity contribution < 1.29 is 32.2 Å². The van der Waals surface area contributed by atoms with Crippen LogP contribution in [0.25, 0.3) is 0 Å². The number of hydrogen-bond donors (Lipinski definition) is 1. The number of halogens is 3. The van der Waals surface area contributed by atoms with E-state index >= 15 is 0 Å². The number of likely N-dealkylation sites (N-methyl/N-ethyl adjacent to an activating group) is 1. The summed E-state index contributed by atoms with van der Waals surface area (Å²) in [6.45, 7) is 2.33. The second kappa shape index (κ2) is 10.1. The van der Waals surface area contributed by atoms with Gasteiger partial charge in [-0.1, -0.05) is 18.2 Å². The van der Waals surface area contributed by atoms with Gasteiger partial charge in [0.25, 0.3) is 0 Å². The molecule has 0 radical (unpaired) electrons. The van der Waals surface area contributed by atoms with Gasteiger partial charge < -0.3 is 14.8 Å². The van der Waals surface area contributed by atoms with Gasteiger partial charge in [-0.25, -0.2) is 0 Å². The van der Waals surface area contributed by atoms with Crippen molar-refractivity contribution in [2.24, 2.45) is 0 Å². The number of alkyl halides is 3. The third-order valence-corrected chi connectivity index (χ3v) is 5.16. The van der Waals surface area contributed by atoms with Crippen molar-refractivity contribution in [2.45, 2.75) is 32.1 Å². The molecule has 2 aromatic rings. The largest absolute Gasteiger partial charge is 0.493 e. The fourth-order valence-corrected chi connectivity index (χ4v) is 3.76. The van der Waals surface area contributed by atoms with E-state index in [0.717, 1.165) is 5.56 Å². The molecule has 1 N–H and O–H groups in total. The van der Waals surface area contributed by atoms with Crippen LogP contribution in [0.4, 0.5) is 24.5 Å². The summed E-state index contributed by atoms with van der Waals surface area (Å²) in [7, 11) is 3.15. The molecule has 1 aliphatic rings. The second-order valence-electron chi connectivity index (χ2n) is 7.68. The van der Waals surface area contributed by atoms with Crippen molar-refractivity contribution in [3.63, 3.8) is 0 Å². The molecule has 0 fully saturated rings. The summed E-state index contributed by atoms with van der Waals surface area (Å²) in [5.74, 6) is -0.456. The Hall–Kier alpha value is -3.27. The van der Waals surface area contributed by atoms with Crippen LogP contribution in [0.5, 0.6) is 11.5 Å². The van der Waals surface area contributed by atoms with Gasteiger partial charge in [0, 0.05) is 6.54 Å². The van der Waals surface area contributed by atoms with E-state index in [1.807, 2.05) is 6.92 Å². The van der Waals surface area contributed by atoms with Crippen molar-refractivity contribution in [2.75, 3.05) is 37.5 Å². The molecular formula is C23H26F3N3O4. The zero-order valence-corrected chi connectivity index (χ0v) is 18.6. The second-order valence-corrected chi connectivity index (χ2v) is 7.68. The van der Waals surface area contributed by atoms with Crippen LogP contribution in [0.15, 0.2) is 42.5 Å². The highest BCUT2D eigenvalue weighted by molar-refractivity contribution is 6.05. The standard InChI is InChI=1S/C23H26F3N3O4/c1-4-33-18-10-9-15(11-19(18)32-3)13-28(2)14-22(31)29-17-8-6-5-7-16(17)27-21(30)12-20(29)23(24,25)26/h5-11,20H,4,12-14H2,1-3H3,(H,27,30)/t20-/m1/s1. The number of hydrogen-bond acceptors (Lipinski definition) is 5. The van der Waals surface area contributed by atoms with Gasteiger partial charge in [0.05, 0.1) is 38.1 Å². The van der Waals surface area contributed by atoms with Gasteiger partial charge in [-0.15, -0.1) is 0 Å². The van der Waals surface area contributed by atoms with E-state index in [-0.39, 0.29) is 24.5 Å². The van der Waals surface area contributed by atoms with Crippen LogP contribution in [-0.4, -0.2) is 56.2 Å². The number of ether oxygens (including phenoxy) is 2. The summed E-state index contributed by atoms with van der Waals surface area (Å²) in [4.78, 5) is 27.5. The Labute approximate surface area is 190 Å². The van der Waals surface area contributed by atoms with Crippen LogP contribution in [0.1, 0.15) is 18.9 Å². The fourth-order valence-electron chi connectivity index (χ4n) is 3.76. The van der Waals surface area contributed by atoms with Crippen LogP contribution < -0.4 is 19.7 Å². The monoisotopic (exact) mass is 465 g/mol. The van der Waals surface area contributed by atoms with Crippen molar-refractivity contribution in [3.8, 4) is 11.5 Å². The zero-order chi connectivity index (χ0) is 24.2. The smallest absolute Gasteiger partial charge is 0.409 e. The molecule has 0 aromatic heterocycles. The lowest BCUT2D eigenvalue weighted by Gasteiger charge is -2.33. The van der Waals surface area contributed by atoms with Crippen LogP contribution in [-0.2, 0) is 16.1 Å². The van der Waals surface area contributed by atoms with Gasteiger partial charge in [-0.05, 0) is 43.8 Å². The summed E-state index contributed by atoms with van der Waals surface area (Å²) < 4.78 is 52.4. The SMILES string of the molecule is CCOc1ccc(CN(C)CC(=O)N2c3ccccc3NC(=O)C[C@@H]2C(F)(F)F)cc1OC. The van der Waals surface area contributed by atoms with E-state index in [0.29, 0.717) is 23.0 Å². The minimum atomic E-state index is -4.77. The van der Waals surface area contributed by atoms with E-state index in [1.165, 1.54) is 25.3 Å². The molecule has 2 amide bonds. The predicted molar refractivity (Wildman–Crippen MR) is 118 cm³/mol. The topological polar surface area (TPSA) is 71.1 Å². The van der Waals surface area contributed by atoms with Gasteiger partial charge in [-0.2, -0.15) is 13.2 Å². The molecule has 33 heavy (non-hydrogen) atoms. The van der Waals surface area contributed by atoms with Crippen molar-refractivity contribution >= 4 is 23.2 Å². The van der Waals surface area contributed by atoms with Crippen LogP contribution >= 0.6 is 0 Å². The number of amides is 2. The number of anilines is 2. The number of nitrogens with one attached hydrogen (secondary N) is 1. The van der Waals surface area contributed by atoms with Gasteiger partial charge in [-0.3, -0.25) is 19.4 Å². The Morgan fingerprint density at radius 3 is 2.61 bits per heavy atom. The number of para-hydroxylation sites is 2. The van der Waals surface area contributed by atoms with Crippen LogP contribution in [0, 0.1) is 0 Å². The normalized spacial score (nSPS) is 16.2. The first kappa shape index (κ1) is 24.4. The lowest BCUT2D eigenvalue weighted by molar-refractivity contribution is -0.158. The molecule has 7 nitrogen and oxygen atoms in total. The maximum atomic E-state index is 13.9. The highest BCUT2D eigenvalue weighted by atomic mass is 19.4. The molecule has 1 atom stereocenters. The van der Waals surface area contributed by atoms with Crippen molar-refractivity contribution in [3.05, 3.63) is 48.0 Å². The summed E-state index contributed by atoms with van der Waals surface area (Å²) in [5.41, 5.74) is 0.986. The molecule has 0 aliphatic carbocycles. The summed E-state index contributed by atoms with van der Waals surface area (Å²) in [5, 5.41) is 2.46.